The molecule has 0 aliphatic carbocycles. The van der Waals surface area contributed by atoms with Crippen molar-refractivity contribution in [3.63, 3.8) is 0 Å². The van der Waals surface area contributed by atoms with Crippen molar-refractivity contribution in [2.45, 2.75) is 24.4 Å². The van der Waals surface area contributed by atoms with Crippen molar-refractivity contribution < 1.29 is 17.2 Å². The maximum atomic E-state index is 12.5. The lowest BCUT2D eigenvalue weighted by Crippen LogP contribution is -2.09. The second-order valence-electron chi connectivity index (χ2n) is 6.07. The zero-order chi connectivity index (χ0) is 20.3. The lowest BCUT2D eigenvalue weighted by atomic mass is 10.1. The standard InChI is InChI=1S/C17H18F2N6O2S/c1-28(26,27)14-5-3-2-4-11(14)6-21-16-13(8-22-17(20)24-16)12-7-23-25(9-12)10-15(18)19/h2-5,7-9,15H,6,10H2,1H3,(H3,20,21,22,24). The Hall–Kier alpha value is -3.08. The van der Waals surface area contributed by atoms with E-state index in [1.54, 1.807) is 18.2 Å². The summed E-state index contributed by atoms with van der Waals surface area (Å²) in [6.07, 6.45) is 2.94. The van der Waals surface area contributed by atoms with Crippen LogP contribution in [0.5, 0.6) is 0 Å². The summed E-state index contributed by atoms with van der Waals surface area (Å²) < 4.78 is 50.1. The minimum absolute atomic E-state index is 0.0163. The van der Waals surface area contributed by atoms with Crippen LogP contribution < -0.4 is 11.1 Å². The van der Waals surface area contributed by atoms with E-state index >= 15 is 0 Å². The summed E-state index contributed by atoms with van der Waals surface area (Å²) in [6.45, 7) is -0.363. The van der Waals surface area contributed by atoms with Gasteiger partial charge in [0, 0.05) is 36.3 Å². The summed E-state index contributed by atoms with van der Waals surface area (Å²) in [5.41, 5.74) is 7.26. The van der Waals surface area contributed by atoms with Gasteiger partial charge in [-0.25, -0.2) is 22.2 Å². The molecule has 2 heterocycles. The molecule has 0 bridgehead atoms. The Bertz CT molecular complexity index is 1080. The van der Waals surface area contributed by atoms with Gasteiger partial charge in [0.15, 0.2) is 9.84 Å². The molecule has 0 unspecified atom stereocenters. The van der Waals surface area contributed by atoms with Gasteiger partial charge < -0.3 is 11.1 Å². The van der Waals surface area contributed by atoms with Crippen molar-refractivity contribution in [1.82, 2.24) is 19.7 Å². The molecule has 0 aliphatic heterocycles. The molecule has 3 N–H and O–H groups in total. The van der Waals surface area contributed by atoms with Crippen molar-refractivity contribution in [3.05, 3.63) is 48.4 Å². The second-order valence-corrected chi connectivity index (χ2v) is 8.05. The molecule has 0 amide bonds. The molecule has 0 radical (unpaired) electrons. The predicted molar refractivity (Wildman–Crippen MR) is 101 cm³/mol. The lowest BCUT2D eigenvalue weighted by Gasteiger charge is -2.12. The number of nitrogens with two attached hydrogens (primary N) is 1. The highest BCUT2D eigenvalue weighted by atomic mass is 32.2. The first-order valence-corrected chi connectivity index (χ1v) is 10.1. The van der Waals surface area contributed by atoms with Crippen LogP contribution in [0.15, 0.2) is 47.8 Å². The molecule has 3 rings (SSSR count). The molecule has 148 valence electrons. The third kappa shape index (κ3) is 4.60. The fourth-order valence-corrected chi connectivity index (χ4v) is 3.62. The molecule has 1 aromatic carbocycles. The van der Waals surface area contributed by atoms with E-state index in [1.165, 1.54) is 24.7 Å². The highest BCUT2D eigenvalue weighted by molar-refractivity contribution is 7.90. The first-order valence-electron chi connectivity index (χ1n) is 8.19. The molecule has 0 saturated carbocycles. The molecule has 0 atom stereocenters. The minimum Gasteiger partial charge on any atom is -0.368 e. The Morgan fingerprint density at radius 3 is 2.71 bits per heavy atom. The number of aromatic nitrogens is 4. The van der Waals surface area contributed by atoms with Gasteiger partial charge in [-0.15, -0.1) is 0 Å². The zero-order valence-electron chi connectivity index (χ0n) is 14.9. The lowest BCUT2D eigenvalue weighted by molar-refractivity contribution is 0.122. The molecule has 0 saturated heterocycles. The third-order valence-electron chi connectivity index (χ3n) is 3.90. The van der Waals surface area contributed by atoms with Crippen LogP contribution in [0.4, 0.5) is 20.5 Å². The van der Waals surface area contributed by atoms with Gasteiger partial charge in [-0.2, -0.15) is 10.1 Å². The molecule has 0 fully saturated rings. The Balaban J connectivity index is 1.90. The number of nitrogen functional groups attached to an aromatic ring is 1. The zero-order valence-corrected chi connectivity index (χ0v) is 15.7. The molecule has 0 spiro atoms. The Morgan fingerprint density at radius 2 is 2.00 bits per heavy atom. The molecule has 8 nitrogen and oxygen atoms in total. The summed E-state index contributed by atoms with van der Waals surface area (Å²) in [6, 6.07) is 6.59. The number of hydrogen-bond acceptors (Lipinski definition) is 7. The van der Waals surface area contributed by atoms with E-state index in [1.807, 2.05) is 0 Å². The maximum Gasteiger partial charge on any atom is 0.257 e. The first kappa shape index (κ1) is 19.7. The van der Waals surface area contributed by atoms with Crippen LogP contribution in [-0.4, -0.2) is 40.8 Å². The quantitative estimate of drug-likeness (QED) is 0.616. The highest BCUT2D eigenvalue weighted by Gasteiger charge is 2.15. The van der Waals surface area contributed by atoms with Gasteiger partial charge in [0.1, 0.15) is 12.4 Å². The summed E-state index contributed by atoms with van der Waals surface area (Å²) in [5.74, 6) is 0.357. The third-order valence-corrected chi connectivity index (χ3v) is 5.09. The average molecular weight is 408 g/mol. The van der Waals surface area contributed by atoms with Gasteiger partial charge in [-0.1, -0.05) is 18.2 Å². The van der Waals surface area contributed by atoms with Crippen molar-refractivity contribution in [2.75, 3.05) is 17.3 Å². The largest absolute Gasteiger partial charge is 0.368 e. The van der Waals surface area contributed by atoms with Gasteiger partial charge >= 0.3 is 0 Å². The molecular weight excluding hydrogens is 390 g/mol. The fraction of sp³-hybridized carbons (Fsp3) is 0.235. The summed E-state index contributed by atoms with van der Waals surface area (Å²) in [7, 11) is -3.40. The molecule has 3 aromatic rings. The van der Waals surface area contributed by atoms with E-state index in [-0.39, 0.29) is 17.4 Å². The molecule has 11 heteroatoms. The number of nitrogens with one attached hydrogen (secondary N) is 1. The van der Waals surface area contributed by atoms with Crippen LogP contribution in [0.2, 0.25) is 0 Å². The highest BCUT2D eigenvalue weighted by Crippen LogP contribution is 2.27. The SMILES string of the molecule is CS(=O)(=O)c1ccccc1CNc1nc(N)ncc1-c1cnn(CC(F)F)c1. The number of hydrogen-bond donors (Lipinski definition) is 2. The Morgan fingerprint density at radius 1 is 1.25 bits per heavy atom. The number of rotatable bonds is 7. The summed E-state index contributed by atoms with van der Waals surface area (Å²) in [4.78, 5) is 8.30. The van der Waals surface area contributed by atoms with Gasteiger partial charge in [0.2, 0.25) is 5.95 Å². The monoisotopic (exact) mass is 408 g/mol. The van der Waals surface area contributed by atoms with E-state index in [9.17, 15) is 17.2 Å². The van der Waals surface area contributed by atoms with Crippen LogP contribution >= 0.6 is 0 Å². The maximum absolute atomic E-state index is 12.5. The van der Waals surface area contributed by atoms with Crippen molar-refractivity contribution in [3.8, 4) is 11.1 Å². The van der Waals surface area contributed by atoms with Crippen molar-refractivity contribution in [2.24, 2.45) is 0 Å². The van der Waals surface area contributed by atoms with Gasteiger partial charge in [-0.05, 0) is 11.6 Å². The number of anilines is 2. The summed E-state index contributed by atoms with van der Waals surface area (Å²) in [5, 5.41) is 6.95. The number of nitrogens with zero attached hydrogens (tertiary/aromatic N) is 4. The van der Waals surface area contributed by atoms with Crippen LogP contribution in [0.3, 0.4) is 0 Å². The Kier molecular flexibility index (Phi) is 5.54. The first-order chi connectivity index (χ1) is 13.2. The normalized spacial score (nSPS) is 11.7. The molecule has 0 aliphatic rings. The Labute approximate surface area is 160 Å². The van der Waals surface area contributed by atoms with E-state index in [4.69, 9.17) is 5.73 Å². The predicted octanol–water partition coefficient (Wildman–Crippen LogP) is 2.20. The topological polar surface area (TPSA) is 116 Å². The molecular formula is C17H18F2N6O2S. The van der Waals surface area contributed by atoms with E-state index in [0.29, 0.717) is 22.5 Å². The number of halogens is 2. The fourth-order valence-electron chi connectivity index (χ4n) is 2.68. The van der Waals surface area contributed by atoms with E-state index < -0.39 is 22.8 Å². The number of benzene rings is 1. The summed E-state index contributed by atoms with van der Waals surface area (Å²) >= 11 is 0. The van der Waals surface area contributed by atoms with Gasteiger partial charge in [-0.3, -0.25) is 4.68 Å². The van der Waals surface area contributed by atoms with Gasteiger partial charge in [0.05, 0.1) is 11.1 Å². The second kappa shape index (κ2) is 7.89. The average Bonchev–Trinajstić information content (AvgIpc) is 3.07. The van der Waals surface area contributed by atoms with E-state index in [0.717, 1.165) is 10.9 Å². The number of alkyl halides is 2. The van der Waals surface area contributed by atoms with Gasteiger partial charge in [0.25, 0.3) is 6.43 Å². The van der Waals surface area contributed by atoms with Crippen molar-refractivity contribution >= 4 is 21.6 Å². The van der Waals surface area contributed by atoms with E-state index in [2.05, 4.69) is 20.4 Å². The number of sulfone groups is 1. The van der Waals surface area contributed by atoms with Crippen LogP contribution in [0.25, 0.3) is 11.1 Å². The molecule has 2 aromatic heterocycles. The smallest absolute Gasteiger partial charge is 0.257 e. The van der Waals surface area contributed by atoms with Crippen molar-refractivity contribution in [1.29, 1.82) is 0 Å². The van der Waals surface area contributed by atoms with Crippen LogP contribution in [-0.2, 0) is 22.9 Å². The van der Waals surface area contributed by atoms with Crippen LogP contribution in [0.1, 0.15) is 5.56 Å². The minimum atomic E-state index is -3.40. The molecule has 28 heavy (non-hydrogen) atoms. The van der Waals surface area contributed by atoms with Crippen LogP contribution in [0, 0.1) is 0 Å².